The van der Waals surface area contributed by atoms with Crippen LogP contribution in [-0.4, -0.2) is 36.2 Å². The second-order valence-electron chi connectivity index (χ2n) is 8.25. The zero-order chi connectivity index (χ0) is 27.5. The van der Waals surface area contributed by atoms with Crippen molar-refractivity contribution in [2.24, 2.45) is 0 Å². The van der Waals surface area contributed by atoms with Crippen molar-refractivity contribution in [3.63, 3.8) is 0 Å². The first-order valence-electron chi connectivity index (χ1n) is 11.1. The lowest BCUT2D eigenvalue weighted by atomic mass is 9.98. The Bertz CT molecular complexity index is 1650. The number of benzene rings is 4. The van der Waals surface area contributed by atoms with Crippen molar-refractivity contribution < 1.29 is 36.2 Å². The highest BCUT2D eigenvalue weighted by atomic mass is 32.2. The Morgan fingerprint density at radius 1 is 0.500 bits per heavy atom. The molecule has 0 saturated heterocycles. The van der Waals surface area contributed by atoms with Crippen LogP contribution in [0.3, 0.4) is 0 Å². The number of phenolic OH excluding ortho intramolecular Hbond substituents is 2. The van der Waals surface area contributed by atoms with E-state index in [-0.39, 0.29) is 32.4 Å². The van der Waals surface area contributed by atoms with Crippen LogP contribution in [0.1, 0.15) is 22.3 Å². The Hall–Kier alpha value is -4.22. The fourth-order valence-electron chi connectivity index (χ4n) is 3.82. The highest BCUT2D eigenvalue weighted by Crippen LogP contribution is 2.37. The fourth-order valence-corrected chi connectivity index (χ4v) is 5.19. The van der Waals surface area contributed by atoms with Gasteiger partial charge in [0.15, 0.2) is 0 Å². The lowest BCUT2D eigenvalue weighted by molar-refractivity contribution is 0.469. The zero-order valence-electron chi connectivity index (χ0n) is 19.6. The van der Waals surface area contributed by atoms with Gasteiger partial charge in [0.2, 0.25) is 0 Å². The standard InChI is InChI=1S/C28H22O8S2/c29-25-15-11-19(9-13-21-5-1-3-7-27(21)37(31,32)33)17-23(25)24-18-20(12-16-26(24)30)10-14-22-6-2-4-8-28(22)38(34,35)36/h1-18,29-30H,(H,31,32,33)(H,34,35,36). The summed E-state index contributed by atoms with van der Waals surface area (Å²) in [5.41, 5.74) is 2.27. The third kappa shape index (κ3) is 6.18. The van der Waals surface area contributed by atoms with Gasteiger partial charge in [-0.25, -0.2) is 0 Å². The molecule has 38 heavy (non-hydrogen) atoms. The van der Waals surface area contributed by atoms with Gasteiger partial charge in [0.05, 0.1) is 0 Å². The molecule has 0 bridgehead atoms. The van der Waals surface area contributed by atoms with Crippen molar-refractivity contribution in [3.05, 3.63) is 107 Å². The lowest BCUT2D eigenvalue weighted by Gasteiger charge is -2.10. The smallest absolute Gasteiger partial charge is 0.295 e. The van der Waals surface area contributed by atoms with E-state index in [1.165, 1.54) is 60.7 Å². The molecular formula is C28H22O8S2. The molecule has 4 aromatic rings. The highest BCUT2D eigenvalue weighted by molar-refractivity contribution is 7.86. The van der Waals surface area contributed by atoms with E-state index < -0.39 is 20.2 Å². The van der Waals surface area contributed by atoms with E-state index in [2.05, 4.69) is 0 Å². The predicted octanol–water partition coefficient (Wildman–Crippen LogP) is 5.60. The number of aromatic hydroxyl groups is 2. The molecule has 0 unspecified atom stereocenters. The van der Waals surface area contributed by atoms with E-state index in [4.69, 9.17) is 0 Å². The Morgan fingerprint density at radius 3 is 1.24 bits per heavy atom. The summed E-state index contributed by atoms with van der Waals surface area (Å²) in [6, 6.07) is 21.1. The molecule has 0 aromatic heterocycles. The van der Waals surface area contributed by atoms with E-state index in [1.54, 1.807) is 48.6 Å². The van der Waals surface area contributed by atoms with Gasteiger partial charge in [0.1, 0.15) is 21.3 Å². The zero-order valence-corrected chi connectivity index (χ0v) is 21.3. The van der Waals surface area contributed by atoms with Crippen molar-refractivity contribution >= 4 is 44.5 Å². The van der Waals surface area contributed by atoms with Gasteiger partial charge >= 0.3 is 0 Å². The number of hydrogen-bond acceptors (Lipinski definition) is 6. The normalized spacial score (nSPS) is 12.4. The molecule has 0 radical (unpaired) electrons. The van der Waals surface area contributed by atoms with Gasteiger partial charge in [0.25, 0.3) is 20.2 Å². The molecule has 0 amide bonds. The van der Waals surface area contributed by atoms with Crippen molar-refractivity contribution in [2.45, 2.75) is 9.79 Å². The van der Waals surface area contributed by atoms with E-state index in [9.17, 15) is 36.2 Å². The summed E-state index contributed by atoms with van der Waals surface area (Å²) < 4.78 is 65.5. The highest BCUT2D eigenvalue weighted by Gasteiger charge is 2.15. The summed E-state index contributed by atoms with van der Waals surface area (Å²) >= 11 is 0. The summed E-state index contributed by atoms with van der Waals surface area (Å²) in [6.45, 7) is 0. The van der Waals surface area contributed by atoms with E-state index in [0.717, 1.165) is 0 Å². The molecule has 0 aliphatic rings. The number of rotatable bonds is 7. The van der Waals surface area contributed by atoms with Gasteiger partial charge in [-0.05, 0) is 58.7 Å². The molecule has 4 N–H and O–H groups in total. The van der Waals surface area contributed by atoms with Crippen LogP contribution in [0, 0.1) is 0 Å². The fraction of sp³-hybridized carbons (Fsp3) is 0. The minimum absolute atomic E-state index is 0.117. The van der Waals surface area contributed by atoms with E-state index in [1.807, 2.05) is 0 Å². The molecular weight excluding hydrogens is 528 g/mol. The van der Waals surface area contributed by atoms with Crippen molar-refractivity contribution in [1.29, 1.82) is 0 Å². The van der Waals surface area contributed by atoms with Gasteiger partial charge in [0, 0.05) is 11.1 Å². The van der Waals surface area contributed by atoms with Gasteiger partial charge in [-0.15, -0.1) is 0 Å². The Kier molecular flexibility index (Phi) is 7.51. The molecule has 0 saturated carbocycles. The van der Waals surface area contributed by atoms with Crippen molar-refractivity contribution in [3.8, 4) is 22.6 Å². The van der Waals surface area contributed by atoms with Crippen LogP contribution < -0.4 is 0 Å². The third-order valence-electron chi connectivity index (χ3n) is 5.64. The van der Waals surface area contributed by atoms with E-state index >= 15 is 0 Å². The largest absolute Gasteiger partial charge is 0.507 e. The summed E-state index contributed by atoms with van der Waals surface area (Å²) in [4.78, 5) is -0.495. The van der Waals surface area contributed by atoms with Crippen LogP contribution in [0.4, 0.5) is 0 Å². The first kappa shape index (κ1) is 26.8. The van der Waals surface area contributed by atoms with Crippen LogP contribution >= 0.6 is 0 Å². The summed E-state index contributed by atoms with van der Waals surface area (Å²) in [5, 5.41) is 21.0. The quantitative estimate of drug-likeness (QED) is 0.172. The molecule has 0 fully saturated rings. The maximum absolute atomic E-state index is 11.6. The van der Waals surface area contributed by atoms with Crippen LogP contribution in [-0.2, 0) is 20.2 Å². The summed E-state index contributed by atoms with van der Waals surface area (Å²) in [6.07, 6.45) is 6.20. The van der Waals surface area contributed by atoms with Gasteiger partial charge in [-0.2, -0.15) is 16.8 Å². The SMILES string of the molecule is O=S(=O)(O)c1ccccc1C=Cc1ccc(O)c(-c2cc(C=Cc3ccccc3S(=O)(=O)O)ccc2O)c1. The monoisotopic (exact) mass is 550 g/mol. The minimum atomic E-state index is -4.42. The van der Waals surface area contributed by atoms with Crippen LogP contribution in [0.15, 0.2) is 94.7 Å². The lowest BCUT2D eigenvalue weighted by Crippen LogP contribution is -2.00. The first-order chi connectivity index (χ1) is 17.9. The maximum Gasteiger partial charge on any atom is 0.295 e. The maximum atomic E-state index is 11.6. The second-order valence-corrected chi connectivity index (χ2v) is 11.0. The molecule has 0 heterocycles. The Labute approximate surface area is 220 Å². The number of phenols is 2. The van der Waals surface area contributed by atoms with Crippen molar-refractivity contribution in [1.82, 2.24) is 0 Å². The summed E-state index contributed by atoms with van der Waals surface area (Å²) in [5.74, 6) is -0.234. The average molecular weight is 551 g/mol. The van der Waals surface area contributed by atoms with Crippen LogP contribution in [0.25, 0.3) is 35.4 Å². The molecule has 194 valence electrons. The van der Waals surface area contributed by atoms with Crippen LogP contribution in [0.5, 0.6) is 11.5 Å². The molecule has 0 spiro atoms. The summed E-state index contributed by atoms with van der Waals surface area (Å²) in [7, 11) is -8.84. The second kappa shape index (κ2) is 10.6. The molecule has 10 heteroatoms. The molecule has 0 aliphatic heterocycles. The van der Waals surface area contributed by atoms with E-state index in [0.29, 0.717) is 22.3 Å². The topological polar surface area (TPSA) is 149 Å². The Balaban J connectivity index is 1.70. The molecule has 4 rings (SSSR count). The number of hydrogen-bond donors (Lipinski definition) is 4. The average Bonchev–Trinajstić information content (AvgIpc) is 2.87. The minimum Gasteiger partial charge on any atom is -0.507 e. The molecule has 4 aromatic carbocycles. The van der Waals surface area contributed by atoms with Gasteiger partial charge < -0.3 is 10.2 Å². The van der Waals surface area contributed by atoms with Crippen LogP contribution in [0.2, 0.25) is 0 Å². The molecule has 8 nitrogen and oxygen atoms in total. The molecule has 0 atom stereocenters. The predicted molar refractivity (Wildman–Crippen MR) is 146 cm³/mol. The van der Waals surface area contributed by atoms with Gasteiger partial charge in [-0.1, -0.05) is 72.8 Å². The molecule has 0 aliphatic carbocycles. The Morgan fingerprint density at radius 2 is 0.868 bits per heavy atom. The first-order valence-corrected chi connectivity index (χ1v) is 14.0. The third-order valence-corrected chi connectivity index (χ3v) is 7.49. The van der Waals surface area contributed by atoms with Gasteiger partial charge in [-0.3, -0.25) is 9.11 Å². The van der Waals surface area contributed by atoms with Crippen molar-refractivity contribution in [2.75, 3.05) is 0 Å².